The molecule has 2 fully saturated rings. The van der Waals surface area contributed by atoms with Crippen molar-refractivity contribution >= 4 is 12.2 Å². The van der Waals surface area contributed by atoms with Crippen LogP contribution in [-0.4, -0.2) is 53.8 Å². The molecule has 0 bridgehead atoms. The molecule has 2 aromatic rings. The summed E-state index contributed by atoms with van der Waals surface area (Å²) in [6, 6.07) is 9.57. The zero-order chi connectivity index (χ0) is 25.8. The molecule has 4 rings (SSSR count). The van der Waals surface area contributed by atoms with Crippen molar-refractivity contribution in [2.75, 3.05) is 25.6 Å². The van der Waals surface area contributed by atoms with Gasteiger partial charge in [-0.05, 0) is 62.8 Å². The average molecular weight is 492 g/mol. The summed E-state index contributed by atoms with van der Waals surface area (Å²) in [6.45, 7) is 5.55. The second kappa shape index (κ2) is 14.3. The molecular formula is C28H37N5O3. The highest BCUT2D eigenvalue weighted by Crippen LogP contribution is 2.28. The van der Waals surface area contributed by atoms with Crippen LogP contribution in [0, 0.1) is 17.2 Å². The highest BCUT2D eigenvalue weighted by Gasteiger charge is 2.18. The molecule has 0 unspecified atom stereocenters. The van der Waals surface area contributed by atoms with Crippen molar-refractivity contribution < 1.29 is 14.6 Å². The fraction of sp³-hybridized carbons (Fsp3) is 0.500. The van der Waals surface area contributed by atoms with Crippen LogP contribution in [0.15, 0.2) is 47.2 Å². The largest absolute Gasteiger partial charge is 0.489 e. The summed E-state index contributed by atoms with van der Waals surface area (Å²) in [7, 11) is 1.70. The molecule has 1 saturated heterocycles. The molecule has 0 radical (unpaired) electrons. The number of hydrogen-bond acceptors (Lipinski definition) is 8. The number of nitrogens with zero attached hydrogens (tertiary/aromatic N) is 4. The molecule has 1 aromatic heterocycles. The Hall–Kier alpha value is -3.28. The monoisotopic (exact) mass is 491 g/mol. The van der Waals surface area contributed by atoms with Crippen LogP contribution >= 0.6 is 0 Å². The molecule has 8 heteroatoms. The van der Waals surface area contributed by atoms with Crippen molar-refractivity contribution in [3.63, 3.8) is 0 Å². The van der Waals surface area contributed by atoms with Gasteiger partial charge < -0.3 is 19.9 Å². The molecule has 1 aliphatic carbocycles. The molecule has 2 aliphatic rings. The Morgan fingerprint density at radius 2 is 1.94 bits per heavy atom. The van der Waals surface area contributed by atoms with E-state index >= 15 is 0 Å². The number of aliphatic hydroxyl groups excluding tert-OH is 1. The van der Waals surface area contributed by atoms with E-state index in [1.54, 1.807) is 25.5 Å². The maximum Gasteiger partial charge on any atom is 0.227 e. The highest BCUT2D eigenvalue weighted by atomic mass is 16.5. The van der Waals surface area contributed by atoms with E-state index in [9.17, 15) is 5.26 Å². The number of aliphatic hydroxyl groups is 1. The fourth-order valence-corrected chi connectivity index (χ4v) is 4.12. The van der Waals surface area contributed by atoms with Gasteiger partial charge >= 0.3 is 0 Å². The van der Waals surface area contributed by atoms with E-state index in [4.69, 9.17) is 14.6 Å². The summed E-state index contributed by atoms with van der Waals surface area (Å²) in [5, 5.41) is 21.7. The molecule has 0 atom stereocenters. The van der Waals surface area contributed by atoms with E-state index in [-0.39, 0.29) is 12.2 Å². The van der Waals surface area contributed by atoms with Gasteiger partial charge in [0.15, 0.2) is 0 Å². The third kappa shape index (κ3) is 8.43. The van der Waals surface area contributed by atoms with Gasteiger partial charge in [-0.25, -0.2) is 9.97 Å². The first-order chi connectivity index (χ1) is 17.5. The molecule has 2 N–H and O–H groups in total. The maximum absolute atomic E-state index is 9.56. The van der Waals surface area contributed by atoms with Crippen molar-refractivity contribution in [1.82, 2.24) is 9.97 Å². The molecule has 8 nitrogen and oxygen atoms in total. The first-order valence-corrected chi connectivity index (χ1v) is 12.7. The Kier molecular flexibility index (Phi) is 10.9. The van der Waals surface area contributed by atoms with Crippen molar-refractivity contribution in [2.24, 2.45) is 10.9 Å². The van der Waals surface area contributed by atoms with E-state index in [0.29, 0.717) is 30.5 Å². The second-order valence-corrected chi connectivity index (χ2v) is 9.19. The number of ether oxygens (including phenoxy) is 2. The first kappa shape index (κ1) is 27.3. The summed E-state index contributed by atoms with van der Waals surface area (Å²) in [6.07, 6.45) is 11.5. The van der Waals surface area contributed by atoms with E-state index in [1.165, 1.54) is 12.8 Å². The van der Waals surface area contributed by atoms with E-state index in [2.05, 4.69) is 33.3 Å². The lowest BCUT2D eigenvalue weighted by Gasteiger charge is -2.23. The number of aromatic nitrogens is 2. The van der Waals surface area contributed by atoms with Crippen molar-refractivity contribution in [3.05, 3.63) is 47.8 Å². The van der Waals surface area contributed by atoms with Gasteiger partial charge in [-0.1, -0.05) is 13.0 Å². The van der Waals surface area contributed by atoms with Crippen LogP contribution in [0.4, 0.5) is 5.95 Å². The average Bonchev–Trinajstić information content (AvgIpc) is 2.91. The Balaban J connectivity index is 0.000000383. The van der Waals surface area contributed by atoms with Crippen LogP contribution in [0.3, 0.4) is 0 Å². The second-order valence-electron chi connectivity index (χ2n) is 9.19. The quantitative estimate of drug-likeness (QED) is 0.538. The lowest BCUT2D eigenvalue weighted by Crippen LogP contribution is -2.26. The number of allylic oxidation sites excluding steroid dienone is 2. The van der Waals surface area contributed by atoms with Gasteiger partial charge in [0.25, 0.3) is 0 Å². The van der Waals surface area contributed by atoms with Gasteiger partial charge in [-0.3, -0.25) is 4.99 Å². The number of benzene rings is 1. The molecule has 1 aromatic carbocycles. The summed E-state index contributed by atoms with van der Waals surface area (Å²) < 4.78 is 11.4. The Bertz CT molecular complexity index is 1060. The lowest BCUT2D eigenvalue weighted by atomic mass is 9.89. The predicted octanol–water partition coefficient (Wildman–Crippen LogP) is 5.15. The Morgan fingerprint density at radius 1 is 1.19 bits per heavy atom. The van der Waals surface area contributed by atoms with Crippen LogP contribution < -0.4 is 10.1 Å². The zero-order valence-corrected chi connectivity index (χ0v) is 21.5. The topological polar surface area (TPSA) is 113 Å². The fourth-order valence-electron chi connectivity index (χ4n) is 4.12. The van der Waals surface area contributed by atoms with Crippen LogP contribution in [0.1, 0.15) is 57.9 Å². The third-order valence-electron chi connectivity index (χ3n) is 6.33. The van der Waals surface area contributed by atoms with Crippen molar-refractivity contribution in [3.8, 4) is 23.1 Å². The zero-order valence-electron chi connectivity index (χ0n) is 21.5. The van der Waals surface area contributed by atoms with Crippen molar-refractivity contribution in [2.45, 2.75) is 64.6 Å². The van der Waals surface area contributed by atoms with Gasteiger partial charge in [0, 0.05) is 37.9 Å². The molecule has 0 amide bonds. The third-order valence-corrected chi connectivity index (χ3v) is 6.33. The van der Waals surface area contributed by atoms with Crippen LogP contribution in [-0.2, 0) is 4.74 Å². The van der Waals surface area contributed by atoms with E-state index < -0.39 is 0 Å². The molecule has 1 saturated carbocycles. The first-order valence-electron chi connectivity index (χ1n) is 12.7. The van der Waals surface area contributed by atoms with Crippen LogP contribution in [0.2, 0.25) is 0 Å². The number of nitrogens with one attached hydrogen (secondary N) is 1. The molecule has 1 aliphatic heterocycles. The molecule has 36 heavy (non-hydrogen) atoms. The number of hydrogen-bond donors (Lipinski definition) is 2. The molecule has 2 heterocycles. The predicted molar refractivity (Wildman–Crippen MR) is 142 cm³/mol. The Morgan fingerprint density at radius 3 is 2.58 bits per heavy atom. The normalized spacial score (nSPS) is 20.8. The molecule has 192 valence electrons. The maximum atomic E-state index is 9.56. The number of nitriles is 1. The summed E-state index contributed by atoms with van der Waals surface area (Å²) in [5.74, 6) is 1.92. The molecular weight excluding hydrogens is 454 g/mol. The minimum absolute atomic E-state index is 0.0196. The molecule has 0 spiro atoms. The minimum Gasteiger partial charge on any atom is -0.489 e. The van der Waals surface area contributed by atoms with Gasteiger partial charge in [0.05, 0.1) is 36.3 Å². The highest BCUT2D eigenvalue weighted by molar-refractivity contribution is 5.82. The smallest absolute Gasteiger partial charge is 0.227 e. The number of rotatable bonds is 6. The van der Waals surface area contributed by atoms with Crippen LogP contribution in [0.5, 0.6) is 5.75 Å². The number of anilines is 1. The van der Waals surface area contributed by atoms with E-state index in [1.807, 2.05) is 31.2 Å². The lowest BCUT2D eigenvalue weighted by molar-refractivity contribution is 0.0254. The van der Waals surface area contributed by atoms with Crippen molar-refractivity contribution in [1.29, 1.82) is 5.26 Å². The van der Waals surface area contributed by atoms with E-state index in [0.717, 1.165) is 48.6 Å². The van der Waals surface area contributed by atoms with Gasteiger partial charge in [0.1, 0.15) is 17.9 Å². The van der Waals surface area contributed by atoms with Crippen LogP contribution in [0.25, 0.3) is 11.3 Å². The Labute approximate surface area is 214 Å². The SMILES string of the molecule is C/C=C(\C=NC)Nc1nccc(-c2ccc(OC3CCOCC3)c(C#N)c2)n1.CC1CCC(O)CC1. The summed E-state index contributed by atoms with van der Waals surface area (Å²) in [4.78, 5) is 12.8. The van der Waals surface area contributed by atoms with Gasteiger partial charge in [-0.15, -0.1) is 0 Å². The number of aliphatic imine (C=N–C) groups is 1. The standard InChI is InChI=1S/C21H23N5O2.C7H14O/c1-3-17(14-23-2)25-21-24-9-6-19(26-21)15-4-5-20(16(12-15)13-22)28-18-7-10-27-11-8-18;1-6-2-4-7(8)5-3-6/h3-6,9,12,14,18H,7-8,10-11H2,1-2H3,(H,24,25,26);6-8H,2-5H2,1H3/b17-3+,23-14?;. The minimum atomic E-state index is 0.0196. The van der Waals surface area contributed by atoms with Gasteiger partial charge in [0.2, 0.25) is 5.95 Å². The van der Waals surface area contributed by atoms with Gasteiger partial charge in [-0.2, -0.15) is 5.26 Å². The summed E-state index contributed by atoms with van der Waals surface area (Å²) >= 11 is 0. The summed E-state index contributed by atoms with van der Waals surface area (Å²) in [5.41, 5.74) is 2.84.